The minimum atomic E-state index is -0.245. The third kappa shape index (κ3) is 1.32. The Morgan fingerprint density at radius 1 is 1.12 bits per heavy atom. The second-order valence-corrected chi connectivity index (χ2v) is 4.01. The van der Waals surface area contributed by atoms with Gasteiger partial charge in [0.25, 0.3) is 11.8 Å². The van der Waals surface area contributed by atoms with Crippen molar-refractivity contribution < 1.29 is 19.1 Å². The standard InChI is InChI=1S/C12H11NO4/c1-2-3-13-11(14)7-4-9-10(17-6-16-9)5-8(7)12(13)15/h4-5H,2-3,6H2,1H3. The average molecular weight is 233 g/mol. The maximum absolute atomic E-state index is 12.0. The van der Waals surface area contributed by atoms with E-state index in [1.807, 2.05) is 6.92 Å². The average Bonchev–Trinajstić information content (AvgIpc) is 2.87. The molecule has 2 heterocycles. The number of carbonyl (C=O) groups excluding carboxylic acids is 2. The number of ether oxygens (including phenoxy) is 2. The zero-order chi connectivity index (χ0) is 12.0. The summed E-state index contributed by atoms with van der Waals surface area (Å²) in [4.78, 5) is 25.3. The maximum atomic E-state index is 12.0. The molecule has 2 amide bonds. The Labute approximate surface area is 97.9 Å². The Bertz CT molecular complexity index is 480. The van der Waals surface area contributed by atoms with Gasteiger partial charge in [-0.25, -0.2) is 0 Å². The third-order valence-electron chi connectivity index (χ3n) is 2.91. The molecule has 0 atom stereocenters. The minimum Gasteiger partial charge on any atom is -0.454 e. The molecule has 1 aromatic carbocycles. The Kier molecular flexibility index (Phi) is 2.07. The lowest BCUT2D eigenvalue weighted by Crippen LogP contribution is -2.30. The topological polar surface area (TPSA) is 55.8 Å². The molecule has 0 bridgehead atoms. The van der Waals surface area contributed by atoms with Gasteiger partial charge < -0.3 is 9.47 Å². The molecular formula is C12H11NO4. The van der Waals surface area contributed by atoms with Crippen LogP contribution in [0.4, 0.5) is 0 Å². The van der Waals surface area contributed by atoms with Crippen LogP contribution in [0.15, 0.2) is 12.1 Å². The van der Waals surface area contributed by atoms with Gasteiger partial charge >= 0.3 is 0 Å². The SMILES string of the molecule is CCCN1C(=O)c2cc3c(cc2C1=O)OCO3. The molecule has 1 aromatic rings. The largest absolute Gasteiger partial charge is 0.454 e. The molecule has 0 unspecified atom stereocenters. The lowest BCUT2D eigenvalue weighted by Gasteiger charge is -2.11. The summed E-state index contributed by atoms with van der Waals surface area (Å²) in [7, 11) is 0. The Morgan fingerprint density at radius 2 is 1.65 bits per heavy atom. The second kappa shape index (κ2) is 3.48. The molecule has 3 rings (SSSR count). The van der Waals surface area contributed by atoms with Crippen LogP contribution in [0.2, 0.25) is 0 Å². The fourth-order valence-electron chi connectivity index (χ4n) is 2.11. The van der Waals surface area contributed by atoms with Gasteiger partial charge in [0.15, 0.2) is 11.5 Å². The molecule has 0 radical (unpaired) electrons. The predicted octanol–water partition coefficient (Wildman–Crippen LogP) is 1.42. The highest BCUT2D eigenvalue weighted by Gasteiger charge is 2.37. The number of nitrogens with zero attached hydrogens (tertiary/aromatic N) is 1. The van der Waals surface area contributed by atoms with Crippen molar-refractivity contribution in [2.75, 3.05) is 13.3 Å². The highest BCUT2D eigenvalue weighted by molar-refractivity contribution is 6.21. The molecule has 0 fully saturated rings. The molecule has 0 N–H and O–H groups in total. The van der Waals surface area contributed by atoms with E-state index in [4.69, 9.17) is 9.47 Å². The summed E-state index contributed by atoms with van der Waals surface area (Å²) in [6, 6.07) is 3.18. The smallest absolute Gasteiger partial charge is 0.261 e. The molecule has 0 saturated heterocycles. The molecule has 17 heavy (non-hydrogen) atoms. The monoisotopic (exact) mass is 233 g/mol. The number of benzene rings is 1. The van der Waals surface area contributed by atoms with Gasteiger partial charge in [0.05, 0.1) is 11.1 Å². The van der Waals surface area contributed by atoms with Crippen LogP contribution in [0.1, 0.15) is 34.1 Å². The summed E-state index contributed by atoms with van der Waals surface area (Å²) in [6.45, 7) is 2.51. The van der Waals surface area contributed by atoms with E-state index in [-0.39, 0.29) is 18.6 Å². The van der Waals surface area contributed by atoms with Gasteiger partial charge in [0.2, 0.25) is 6.79 Å². The van der Waals surface area contributed by atoms with E-state index >= 15 is 0 Å². The number of carbonyl (C=O) groups is 2. The van der Waals surface area contributed by atoms with Gasteiger partial charge in [-0.3, -0.25) is 14.5 Å². The quantitative estimate of drug-likeness (QED) is 0.725. The molecule has 88 valence electrons. The highest BCUT2D eigenvalue weighted by Crippen LogP contribution is 2.37. The molecule has 0 aliphatic carbocycles. The summed E-state index contributed by atoms with van der Waals surface area (Å²) in [5.74, 6) is 0.571. The second-order valence-electron chi connectivity index (χ2n) is 4.01. The summed E-state index contributed by atoms with van der Waals surface area (Å²) in [5.41, 5.74) is 0.820. The summed E-state index contributed by atoms with van der Waals surface area (Å²) in [5, 5.41) is 0. The minimum absolute atomic E-state index is 0.138. The van der Waals surface area contributed by atoms with E-state index in [2.05, 4.69) is 0 Å². The first kappa shape index (κ1) is 10.1. The first-order valence-electron chi connectivity index (χ1n) is 5.52. The fourth-order valence-corrected chi connectivity index (χ4v) is 2.11. The number of fused-ring (bicyclic) bond motifs is 2. The van der Waals surface area contributed by atoms with Gasteiger partial charge in [-0.05, 0) is 18.6 Å². The van der Waals surface area contributed by atoms with Crippen molar-refractivity contribution in [1.29, 1.82) is 0 Å². The van der Waals surface area contributed by atoms with Crippen LogP contribution in [0, 0.1) is 0 Å². The summed E-state index contributed by atoms with van der Waals surface area (Å²) in [6.07, 6.45) is 0.748. The number of hydrogen-bond donors (Lipinski definition) is 0. The van der Waals surface area contributed by atoms with Crippen molar-refractivity contribution in [1.82, 2.24) is 4.90 Å². The Balaban J connectivity index is 2.08. The molecule has 0 spiro atoms. The van der Waals surface area contributed by atoms with Gasteiger partial charge in [-0.1, -0.05) is 6.92 Å². The zero-order valence-electron chi connectivity index (χ0n) is 9.36. The molecule has 5 heteroatoms. The van der Waals surface area contributed by atoms with Crippen molar-refractivity contribution in [3.05, 3.63) is 23.3 Å². The van der Waals surface area contributed by atoms with Crippen LogP contribution in [0.25, 0.3) is 0 Å². The fraction of sp³-hybridized carbons (Fsp3) is 0.333. The Hall–Kier alpha value is -2.04. The number of amides is 2. The molecule has 5 nitrogen and oxygen atoms in total. The highest BCUT2D eigenvalue weighted by atomic mass is 16.7. The van der Waals surface area contributed by atoms with Crippen LogP contribution in [-0.2, 0) is 0 Å². The number of hydrogen-bond acceptors (Lipinski definition) is 4. The Morgan fingerprint density at radius 3 is 2.12 bits per heavy atom. The van der Waals surface area contributed by atoms with E-state index in [9.17, 15) is 9.59 Å². The lowest BCUT2D eigenvalue weighted by molar-refractivity contribution is 0.0653. The van der Waals surface area contributed by atoms with Crippen molar-refractivity contribution >= 4 is 11.8 Å². The van der Waals surface area contributed by atoms with Crippen molar-refractivity contribution in [3.8, 4) is 11.5 Å². The molecular weight excluding hydrogens is 222 g/mol. The number of imide groups is 1. The predicted molar refractivity (Wildman–Crippen MR) is 58.2 cm³/mol. The van der Waals surface area contributed by atoms with E-state index in [0.717, 1.165) is 6.42 Å². The zero-order valence-corrected chi connectivity index (χ0v) is 9.36. The third-order valence-corrected chi connectivity index (χ3v) is 2.91. The van der Waals surface area contributed by atoms with E-state index in [0.29, 0.717) is 29.2 Å². The molecule has 0 saturated carbocycles. The molecule has 2 aliphatic rings. The van der Waals surface area contributed by atoms with Crippen molar-refractivity contribution in [2.45, 2.75) is 13.3 Å². The van der Waals surface area contributed by atoms with Crippen molar-refractivity contribution in [2.24, 2.45) is 0 Å². The van der Waals surface area contributed by atoms with Crippen LogP contribution >= 0.6 is 0 Å². The maximum Gasteiger partial charge on any atom is 0.261 e. The van der Waals surface area contributed by atoms with Crippen molar-refractivity contribution in [3.63, 3.8) is 0 Å². The molecule has 0 aromatic heterocycles. The molecule has 2 aliphatic heterocycles. The first-order chi connectivity index (χ1) is 8.22. The van der Waals surface area contributed by atoms with Crippen LogP contribution in [-0.4, -0.2) is 30.1 Å². The lowest BCUT2D eigenvalue weighted by atomic mass is 10.1. The first-order valence-corrected chi connectivity index (χ1v) is 5.52. The van der Waals surface area contributed by atoms with Gasteiger partial charge in [-0.15, -0.1) is 0 Å². The van der Waals surface area contributed by atoms with Gasteiger partial charge in [-0.2, -0.15) is 0 Å². The van der Waals surface area contributed by atoms with E-state index in [1.165, 1.54) is 4.90 Å². The normalized spacial score (nSPS) is 16.6. The van der Waals surface area contributed by atoms with Gasteiger partial charge in [0.1, 0.15) is 0 Å². The summed E-state index contributed by atoms with van der Waals surface area (Å²) >= 11 is 0. The van der Waals surface area contributed by atoms with E-state index < -0.39 is 0 Å². The van der Waals surface area contributed by atoms with Crippen LogP contribution < -0.4 is 9.47 Å². The number of rotatable bonds is 2. The van der Waals surface area contributed by atoms with Crippen LogP contribution in [0.3, 0.4) is 0 Å². The van der Waals surface area contributed by atoms with Crippen LogP contribution in [0.5, 0.6) is 11.5 Å². The van der Waals surface area contributed by atoms with E-state index in [1.54, 1.807) is 12.1 Å². The summed E-state index contributed by atoms with van der Waals surface area (Å²) < 4.78 is 10.4. The van der Waals surface area contributed by atoms with Gasteiger partial charge in [0, 0.05) is 6.54 Å².